The lowest BCUT2D eigenvalue weighted by molar-refractivity contribution is -0.0136. The maximum atomic E-state index is 14.3. The van der Waals surface area contributed by atoms with Crippen molar-refractivity contribution in [2.75, 3.05) is 18.5 Å². The summed E-state index contributed by atoms with van der Waals surface area (Å²) in [5.41, 5.74) is 2.94. The van der Waals surface area contributed by atoms with E-state index in [1.54, 1.807) is 4.52 Å². The quantitative estimate of drug-likeness (QED) is 0.765. The minimum atomic E-state index is -0.620. The first kappa shape index (κ1) is 16.0. The molecule has 1 aromatic carbocycles. The van der Waals surface area contributed by atoms with E-state index in [0.29, 0.717) is 30.2 Å². The zero-order chi connectivity index (χ0) is 17.4. The lowest BCUT2D eigenvalue weighted by Crippen LogP contribution is -2.42. The predicted octanol–water partition coefficient (Wildman–Crippen LogP) is 2.41. The Morgan fingerprint density at radius 1 is 1.36 bits per heavy atom. The van der Waals surface area contributed by atoms with Gasteiger partial charge in [0.25, 0.3) is 0 Å². The number of nitrogens with one attached hydrogen (secondary N) is 1. The van der Waals surface area contributed by atoms with Crippen LogP contribution >= 0.6 is 0 Å². The predicted molar refractivity (Wildman–Crippen MR) is 92.0 cm³/mol. The molecule has 6 nitrogen and oxygen atoms in total. The summed E-state index contributed by atoms with van der Waals surface area (Å²) in [5.74, 6) is -0.0141. The normalized spacial score (nSPS) is 20.8. The molecule has 2 aromatic heterocycles. The minimum absolute atomic E-state index is 0.187. The highest BCUT2D eigenvalue weighted by Gasteiger charge is 2.24. The molecule has 0 aliphatic carbocycles. The molecule has 1 aliphatic rings. The molecule has 2 atom stereocenters. The number of halogens is 1. The molecule has 2 N–H and O–H groups in total. The van der Waals surface area contributed by atoms with E-state index in [0.717, 1.165) is 11.1 Å². The molecule has 0 saturated carbocycles. The highest BCUT2D eigenvalue weighted by molar-refractivity contribution is 5.69. The average molecular weight is 342 g/mol. The Hall–Kier alpha value is -2.51. The SMILES string of the molecule is Cc1ccccc1-c1cc(F)c2cnc(N[C@@H]3CCOC[C@H]3O)nn12. The zero-order valence-corrected chi connectivity index (χ0v) is 13.8. The number of benzene rings is 1. The van der Waals surface area contributed by atoms with E-state index in [4.69, 9.17) is 4.74 Å². The van der Waals surface area contributed by atoms with Gasteiger partial charge in [0, 0.05) is 18.2 Å². The van der Waals surface area contributed by atoms with Crippen LogP contribution in [0.5, 0.6) is 0 Å². The van der Waals surface area contributed by atoms with Gasteiger partial charge in [0.1, 0.15) is 5.52 Å². The van der Waals surface area contributed by atoms with Crippen molar-refractivity contribution in [2.24, 2.45) is 0 Å². The number of aromatic nitrogens is 3. The molecule has 0 bridgehead atoms. The van der Waals surface area contributed by atoms with Crippen LogP contribution < -0.4 is 5.32 Å². The second-order valence-corrected chi connectivity index (χ2v) is 6.25. The maximum Gasteiger partial charge on any atom is 0.241 e. The summed E-state index contributed by atoms with van der Waals surface area (Å²) in [7, 11) is 0. The number of hydrogen-bond acceptors (Lipinski definition) is 5. The number of hydrogen-bond donors (Lipinski definition) is 2. The summed E-state index contributed by atoms with van der Waals surface area (Å²) in [4.78, 5) is 4.19. The summed E-state index contributed by atoms with van der Waals surface area (Å²) >= 11 is 0. The van der Waals surface area contributed by atoms with E-state index >= 15 is 0 Å². The molecule has 0 unspecified atom stereocenters. The van der Waals surface area contributed by atoms with E-state index in [9.17, 15) is 9.50 Å². The molecule has 3 heterocycles. The van der Waals surface area contributed by atoms with Gasteiger partial charge in [0.2, 0.25) is 5.95 Å². The van der Waals surface area contributed by atoms with Crippen LogP contribution in [0.3, 0.4) is 0 Å². The van der Waals surface area contributed by atoms with Gasteiger partial charge in [-0.3, -0.25) is 0 Å². The molecule has 130 valence electrons. The third kappa shape index (κ3) is 2.96. The minimum Gasteiger partial charge on any atom is -0.389 e. The number of fused-ring (bicyclic) bond motifs is 1. The Labute approximate surface area is 144 Å². The van der Waals surface area contributed by atoms with Gasteiger partial charge in [-0.1, -0.05) is 24.3 Å². The maximum absolute atomic E-state index is 14.3. The zero-order valence-electron chi connectivity index (χ0n) is 13.8. The molecular weight excluding hydrogens is 323 g/mol. The van der Waals surface area contributed by atoms with E-state index in [1.807, 2.05) is 31.2 Å². The van der Waals surface area contributed by atoms with Crippen LogP contribution in [0.15, 0.2) is 36.5 Å². The van der Waals surface area contributed by atoms with Crippen LogP contribution in [-0.4, -0.2) is 45.1 Å². The Morgan fingerprint density at radius 2 is 2.20 bits per heavy atom. The third-order valence-electron chi connectivity index (χ3n) is 4.53. The van der Waals surface area contributed by atoms with Crippen molar-refractivity contribution in [1.29, 1.82) is 0 Å². The van der Waals surface area contributed by atoms with Gasteiger partial charge in [-0.25, -0.2) is 13.9 Å². The molecule has 1 fully saturated rings. The molecular formula is C18H19FN4O2. The van der Waals surface area contributed by atoms with Gasteiger partial charge in [-0.15, -0.1) is 5.10 Å². The molecule has 0 radical (unpaired) electrons. The van der Waals surface area contributed by atoms with Crippen molar-refractivity contribution in [3.63, 3.8) is 0 Å². The first-order valence-electron chi connectivity index (χ1n) is 8.26. The largest absolute Gasteiger partial charge is 0.389 e. The number of aryl methyl sites for hydroxylation is 1. The number of anilines is 1. The topological polar surface area (TPSA) is 71.7 Å². The molecule has 0 amide bonds. The number of rotatable bonds is 3. The molecule has 7 heteroatoms. The van der Waals surface area contributed by atoms with E-state index in [1.165, 1.54) is 12.3 Å². The van der Waals surface area contributed by atoms with Gasteiger partial charge >= 0.3 is 0 Å². The lowest BCUT2D eigenvalue weighted by Gasteiger charge is -2.28. The molecule has 3 aromatic rings. The Kier molecular flexibility index (Phi) is 4.10. The van der Waals surface area contributed by atoms with Crippen LogP contribution in [0.4, 0.5) is 10.3 Å². The van der Waals surface area contributed by atoms with Crippen LogP contribution in [-0.2, 0) is 4.74 Å². The first-order chi connectivity index (χ1) is 12.1. The Balaban J connectivity index is 1.74. The number of ether oxygens (including phenoxy) is 1. The molecule has 0 spiro atoms. The van der Waals surface area contributed by atoms with Crippen LogP contribution in [0.1, 0.15) is 12.0 Å². The smallest absolute Gasteiger partial charge is 0.241 e. The fourth-order valence-corrected chi connectivity index (χ4v) is 3.13. The van der Waals surface area contributed by atoms with Crippen molar-refractivity contribution >= 4 is 11.5 Å². The summed E-state index contributed by atoms with van der Waals surface area (Å²) in [6.07, 6.45) is 1.50. The van der Waals surface area contributed by atoms with Gasteiger partial charge in [-0.05, 0) is 18.9 Å². The average Bonchev–Trinajstić information content (AvgIpc) is 2.94. The third-order valence-corrected chi connectivity index (χ3v) is 4.53. The second kappa shape index (κ2) is 6.42. The summed E-state index contributed by atoms with van der Waals surface area (Å²) in [5, 5.41) is 17.6. The van der Waals surface area contributed by atoms with E-state index < -0.39 is 6.10 Å². The van der Waals surface area contributed by atoms with Crippen molar-refractivity contribution in [3.8, 4) is 11.3 Å². The van der Waals surface area contributed by atoms with E-state index in [2.05, 4.69) is 15.4 Å². The van der Waals surface area contributed by atoms with Gasteiger partial charge in [0.05, 0.1) is 30.6 Å². The second-order valence-electron chi connectivity index (χ2n) is 6.25. The monoisotopic (exact) mass is 342 g/mol. The van der Waals surface area contributed by atoms with Gasteiger partial charge in [0.15, 0.2) is 5.82 Å². The van der Waals surface area contributed by atoms with Crippen molar-refractivity contribution in [2.45, 2.75) is 25.5 Å². The summed E-state index contributed by atoms with van der Waals surface area (Å²) in [6.45, 7) is 2.83. The molecule has 4 rings (SSSR count). The number of aliphatic hydroxyl groups excluding tert-OH is 1. The van der Waals surface area contributed by atoms with Gasteiger partial charge < -0.3 is 15.2 Å². The van der Waals surface area contributed by atoms with Gasteiger partial charge in [-0.2, -0.15) is 0 Å². The van der Waals surface area contributed by atoms with Crippen molar-refractivity contribution < 1.29 is 14.2 Å². The summed E-state index contributed by atoms with van der Waals surface area (Å²) in [6, 6.07) is 9.06. The number of aliphatic hydroxyl groups is 1. The number of nitrogens with zero attached hydrogens (tertiary/aromatic N) is 3. The standard InChI is InChI=1S/C18H19FN4O2/c1-11-4-2-3-5-12(11)15-8-13(19)16-9-20-18(22-23(15)16)21-14-6-7-25-10-17(14)24/h2-5,8-9,14,17,24H,6-7,10H2,1H3,(H,21,22)/t14-,17-/m1/s1. The Morgan fingerprint density at radius 3 is 3.00 bits per heavy atom. The molecule has 1 aliphatic heterocycles. The van der Waals surface area contributed by atoms with Crippen molar-refractivity contribution in [1.82, 2.24) is 14.6 Å². The highest BCUT2D eigenvalue weighted by Crippen LogP contribution is 2.27. The highest BCUT2D eigenvalue weighted by atomic mass is 19.1. The molecule has 1 saturated heterocycles. The Bertz CT molecular complexity index is 911. The molecule has 25 heavy (non-hydrogen) atoms. The van der Waals surface area contributed by atoms with E-state index in [-0.39, 0.29) is 18.5 Å². The first-order valence-corrected chi connectivity index (χ1v) is 8.26. The summed E-state index contributed by atoms with van der Waals surface area (Å²) < 4.78 is 21.1. The lowest BCUT2D eigenvalue weighted by atomic mass is 10.1. The fourth-order valence-electron chi connectivity index (χ4n) is 3.13. The van der Waals surface area contributed by atoms with Crippen LogP contribution in [0, 0.1) is 12.7 Å². The van der Waals surface area contributed by atoms with Crippen LogP contribution in [0.25, 0.3) is 16.8 Å². The van der Waals surface area contributed by atoms with Crippen LogP contribution in [0.2, 0.25) is 0 Å². The van der Waals surface area contributed by atoms with Crippen molar-refractivity contribution in [3.05, 3.63) is 47.9 Å². The fraction of sp³-hybridized carbons (Fsp3) is 0.333.